The second-order valence-electron chi connectivity index (χ2n) is 5.60. The monoisotopic (exact) mass is 314 g/mol. The molecule has 23 heavy (non-hydrogen) atoms. The Hall–Kier alpha value is -2.56. The third-order valence-corrected chi connectivity index (χ3v) is 4.48. The normalized spacial score (nSPS) is 20.5. The third kappa shape index (κ3) is 2.07. The summed E-state index contributed by atoms with van der Waals surface area (Å²) in [4.78, 5) is 0. The summed E-state index contributed by atoms with van der Waals surface area (Å²) in [5, 5.41) is 0. The van der Waals surface area contributed by atoms with Gasteiger partial charge in [-0.1, -0.05) is 0 Å². The summed E-state index contributed by atoms with van der Waals surface area (Å²) < 4.78 is 28.2. The van der Waals surface area contributed by atoms with Gasteiger partial charge in [-0.15, -0.1) is 0 Å². The maximum Gasteiger partial charge on any atom is 0.164 e. The first-order valence-corrected chi connectivity index (χ1v) is 7.48. The molecule has 2 aromatic rings. The van der Waals surface area contributed by atoms with Gasteiger partial charge >= 0.3 is 0 Å². The maximum atomic E-state index is 6.20. The molecule has 2 aromatic carbocycles. The van der Waals surface area contributed by atoms with Gasteiger partial charge in [-0.05, 0) is 18.2 Å². The summed E-state index contributed by atoms with van der Waals surface area (Å²) in [6, 6.07) is 9.70. The second kappa shape index (κ2) is 5.26. The highest BCUT2D eigenvalue weighted by atomic mass is 16.5. The molecular formula is C18H18O5. The predicted molar refractivity (Wildman–Crippen MR) is 84.1 cm³/mol. The standard InChI is InChI=1S/C18H18O5/c1-19-10-4-5-11-14(6-10)22-9-13-12-7-16(20-2)17(21-3)8-15(12)23-18(11)13/h4-8,13,18H,9H2,1-3H3/t13-,18-/m0/s1. The van der Waals surface area contributed by atoms with E-state index in [1.165, 1.54) is 0 Å². The van der Waals surface area contributed by atoms with E-state index in [-0.39, 0.29) is 12.0 Å². The van der Waals surface area contributed by atoms with Crippen molar-refractivity contribution >= 4 is 0 Å². The van der Waals surface area contributed by atoms with Crippen molar-refractivity contribution in [1.82, 2.24) is 0 Å². The van der Waals surface area contributed by atoms with Gasteiger partial charge in [0.2, 0.25) is 0 Å². The molecule has 0 amide bonds. The van der Waals surface area contributed by atoms with Crippen molar-refractivity contribution in [2.45, 2.75) is 12.0 Å². The number of benzene rings is 2. The molecule has 0 aromatic heterocycles. The van der Waals surface area contributed by atoms with Crippen LogP contribution in [0.15, 0.2) is 30.3 Å². The number of ether oxygens (including phenoxy) is 5. The average Bonchev–Trinajstić information content (AvgIpc) is 2.97. The van der Waals surface area contributed by atoms with E-state index in [1.54, 1.807) is 21.3 Å². The summed E-state index contributed by atoms with van der Waals surface area (Å²) in [6.07, 6.45) is -0.0588. The number of rotatable bonds is 3. The molecule has 0 radical (unpaired) electrons. The SMILES string of the molecule is COc1ccc2c(c1)OC[C@H]1c3cc(OC)c(OC)cc3O[C@@H]21. The molecule has 4 rings (SSSR count). The molecule has 0 aliphatic carbocycles. The van der Waals surface area contributed by atoms with E-state index in [4.69, 9.17) is 23.7 Å². The molecule has 0 N–H and O–H groups in total. The molecule has 5 heteroatoms. The fourth-order valence-electron chi connectivity index (χ4n) is 3.29. The summed E-state index contributed by atoms with van der Waals surface area (Å²) in [6.45, 7) is 0.563. The van der Waals surface area contributed by atoms with Gasteiger partial charge in [0.15, 0.2) is 11.5 Å². The zero-order chi connectivity index (χ0) is 16.0. The van der Waals surface area contributed by atoms with E-state index in [2.05, 4.69) is 0 Å². The second-order valence-corrected chi connectivity index (χ2v) is 5.60. The van der Waals surface area contributed by atoms with Gasteiger partial charge in [0.1, 0.15) is 23.4 Å². The van der Waals surface area contributed by atoms with Crippen LogP contribution in [0.1, 0.15) is 23.1 Å². The van der Waals surface area contributed by atoms with Crippen LogP contribution >= 0.6 is 0 Å². The lowest BCUT2D eigenvalue weighted by Crippen LogP contribution is -2.23. The van der Waals surface area contributed by atoms with E-state index < -0.39 is 0 Å². The van der Waals surface area contributed by atoms with Gasteiger partial charge in [0.25, 0.3) is 0 Å². The molecule has 2 aliphatic heterocycles. The maximum absolute atomic E-state index is 6.20. The first-order valence-electron chi connectivity index (χ1n) is 7.48. The first-order chi connectivity index (χ1) is 11.2. The fourth-order valence-corrected chi connectivity index (χ4v) is 3.29. The predicted octanol–water partition coefficient (Wildman–Crippen LogP) is 3.32. The Morgan fingerprint density at radius 2 is 1.65 bits per heavy atom. The van der Waals surface area contributed by atoms with Crippen LogP contribution in [0.2, 0.25) is 0 Å². The lowest BCUT2D eigenvalue weighted by Gasteiger charge is -2.28. The van der Waals surface area contributed by atoms with E-state index in [0.29, 0.717) is 18.1 Å². The quantitative estimate of drug-likeness (QED) is 0.869. The summed E-state index contributed by atoms with van der Waals surface area (Å²) in [7, 11) is 4.90. The summed E-state index contributed by atoms with van der Waals surface area (Å²) >= 11 is 0. The van der Waals surface area contributed by atoms with E-state index in [0.717, 1.165) is 28.4 Å². The molecule has 120 valence electrons. The van der Waals surface area contributed by atoms with E-state index in [1.807, 2.05) is 30.3 Å². The Balaban J connectivity index is 1.76. The minimum Gasteiger partial charge on any atom is -0.497 e. The van der Waals surface area contributed by atoms with Crippen LogP contribution in [-0.2, 0) is 0 Å². The molecule has 0 saturated carbocycles. The van der Waals surface area contributed by atoms with Crippen molar-refractivity contribution in [3.63, 3.8) is 0 Å². The van der Waals surface area contributed by atoms with Gasteiger partial charge in [0.05, 0.1) is 33.9 Å². The zero-order valence-electron chi connectivity index (χ0n) is 13.3. The molecule has 0 bridgehead atoms. The van der Waals surface area contributed by atoms with Gasteiger partial charge in [-0.2, -0.15) is 0 Å². The molecule has 5 nitrogen and oxygen atoms in total. The highest BCUT2D eigenvalue weighted by molar-refractivity contribution is 5.57. The van der Waals surface area contributed by atoms with Crippen LogP contribution in [0, 0.1) is 0 Å². The minimum absolute atomic E-state index is 0.0588. The lowest BCUT2D eigenvalue weighted by molar-refractivity contribution is 0.139. The van der Waals surface area contributed by atoms with Gasteiger partial charge in [0, 0.05) is 23.3 Å². The minimum atomic E-state index is -0.0588. The van der Waals surface area contributed by atoms with E-state index in [9.17, 15) is 0 Å². The van der Waals surface area contributed by atoms with Crippen molar-refractivity contribution in [2.24, 2.45) is 0 Å². The van der Waals surface area contributed by atoms with Crippen LogP contribution in [-0.4, -0.2) is 27.9 Å². The van der Waals surface area contributed by atoms with E-state index >= 15 is 0 Å². The third-order valence-electron chi connectivity index (χ3n) is 4.48. The Kier molecular flexibility index (Phi) is 3.22. The first kappa shape index (κ1) is 14.1. The molecule has 0 fully saturated rings. The zero-order valence-corrected chi connectivity index (χ0v) is 13.3. The molecule has 0 saturated heterocycles. The van der Waals surface area contributed by atoms with Crippen LogP contribution in [0.4, 0.5) is 0 Å². The summed E-state index contributed by atoms with van der Waals surface area (Å²) in [5.74, 6) is 3.94. The van der Waals surface area contributed by atoms with Crippen LogP contribution in [0.5, 0.6) is 28.7 Å². The van der Waals surface area contributed by atoms with Crippen LogP contribution < -0.4 is 23.7 Å². The molecular weight excluding hydrogens is 296 g/mol. The van der Waals surface area contributed by atoms with Crippen molar-refractivity contribution in [1.29, 1.82) is 0 Å². The Morgan fingerprint density at radius 1 is 0.870 bits per heavy atom. The Bertz CT molecular complexity index is 755. The Labute approximate surface area is 134 Å². The van der Waals surface area contributed by atoms with Crippen molar-refractivity contribution in [3.05, 3.63) is 41.5 Å². The molecule has 2 aliphatic rings. The van der Waals surface area contributed by atoms with Gasteiger partial charge in [-0.25, -0.2) is 0 Å². The lowest BCUT2D eigenvalue weighted by atomic mass is 9.89. The highest BCUT2D eigenvalue weighted by Crippen LogP contribution is 2.53. The van der Waals surface area contributed by atoms with Crippen LogP contribution in [0.25, 0.3) is 0 Å². The van der Waals surface area contributed by atoms with Crippen molar-refractivity contribution in [3.8, 4) is 28.7 Å². The van der Waals surface area contributed by atoms with Gasteiger partial charge in [-0.3, -0.25) is 0 Å². The van der Waals surface area contributed by atoms with Crippen LogP contribution in [0.3, 0.4) is 0 Å². The number of hydrogen-bond donors (Lipinski definition) is 0. The number of hydrogen-bond acceptors (Lipinski definition) is 5. The number of fused-ring (bicyclic) bond motifs is 5. The van der Waals surface area contributed by atoms with Crippen molar-refractivity contribution in [2.75, 3.05) is 27.9 Å². The topological polar surface area (TPSA) is 46.2 Å². The molecule has 0 unspecified atom stereocenters. The number of methoxy groups -OCH3 is 3. The average molecular weight is 314 g/mol. The fraction of sp³-hybridized carbons (Fsp3) is 0.333. The van der Waals surface area contributed by atoms with Gasteiger partial charge < -0.3 is 23.7 Å². The van der Waals surface area contributed by atoms with Crippen molar-refractivity contribution < 1.29 is 23.7 Å². The molecule has 2 atom stereocenters. The molecule has 0 spiro atoms. The largest absolute Gasteiger partial charge is 0.497 e. The smallest absolute Gasteiger partial charge is 0.164 e. The molecule has 2 heterocycles. The Morgan fingerprint density at radius 3 is 2.39 bits per heavy atom. The summed E-state index contributed by atoms with van der Waals surface area (Å²) in [5.41, 5.74) is 2.13. The highest BCUT2D eigenvalue weighted by Gasteiger charge is 2.41.